The molecule has 0 aliphatic carbocycles. The Morgan fingerprint density at radius 2 is 1.62 bits per heavy atom. The Labute approximate surface area is 230 Å². The molecule has 3 amide bonds. The Morgan fingerprint density at radius 1 is 0.875 bits per heavy atom. The van der Waals surface area contributed by atoms with E-state index < -0.39 is 22.8 Å². The largest absolute Gasteiger partial charge is 0.508 e. The lowest BCUT2D eigenvalue weighted by atomic mass is 9.92. The third kappa shape index (κ3) is 5.13. The SMILES string of the molecule is O=C(CCCCCN1C(=O)c2cccc([N+](=O)[O-])c2C1=O)NC(c1ccccc1)c1c(O)ccc2ccccc12. The molecule has 202 valence electrons. The van der Waals surface area contributed by atoms with Crippen LogP contribution in [0.1, 0.15) is 63.6 Å². The number of nitro benzene ring substituents is 1. The lowest BCUT2D eigenvalue weighted by Gasteiger charge is -2.23. The van der Waals surface area contributed by atoms with Gasteiger partial charge < -0.3 is 10.4 Å². The van der Waals surface area contributed by atoms with E-state index in [9.17, 15) is 29.6 Å². The van der Waals surface area contributed by atoms with Crippen molar-refractivity contribution in [3.8, 4) is 5.75 Å². The minimum Gasteiger partial charge on any atom is -0.508 e. The molecule has 1 aliphatic rings. The van der Waals surface area contributed by atoms with E-state index in [0.717, 1.165) is 21.2 Å². The van der Waals surface area contributed by atoms with E-state index in [1.807, 2.05) is 60.7 Å². The van der Waals surface area contributed by atoms with Crippen molar-refractivity contribution < 1.29 is 24.4 Å². The number of nitrogens with one attached hydrogen (secondary N) is 1. The Kier molecular flexibility index (Phi) is 7.54. The summed E-state index contributed by atoms with van der Waals surface area (Å²) in [6.07, 6.45) is 1.75. The number of hydrogen-bond donors (Lipinski definition) is 2. The van der Waals surface area contributed by atoms with Crippen LogP contribution >= 0.6 is 0 Å². The molecule has 4 aromatic rings. The van der Waals surface area contributed by atoms with Gasteiger partial charge in [-0.05, 0) is 41.3 Å². The zero-order valence-corrected chi connectivity index (χ0v) is 21.6. The number of rotatable bonds is 10. The Morgan fingerprint density at radius 3 is 2.40 bits per heavy atom. The average Bonchev–Trinajstić information content (AvgIpc) is 3.21. The van der Waals surface area contributed by atoms with Crippen molar-refractivity contribution in [2.45, 2.75) is 31.7 Å². The van der Waals surface area contributed by atoms with Gasteiger partial charge in [0.2, 0.25) is 5.91 Å². The van der Waals surface area contributed by atoms with E-state index in [1.165, 1.54) is 18.2 Å². The molecule has 0 fully saturated rings. The number of phenolic OH excluding ortho intramolecular Hbond substituents is 1. The number of phenols is 1. The van der Waals surface area contributed by atoms with E-state index in [4.69, 9.17) is 0 Å². The number of aromatic hydroxyl groups is 1. The van der Waals surface area contributed by atoms with E-state index in [0.29, 0.717) is 24.8 Å². The number of hydrogen-bond acceptors (Lipinski definition) is 6. The Balaban J connectivity index is 1.21. The number of benzene rings is 4. The molecular formula is C31H27N3O6. The number of carbonyl (C=O) groups is 3. The van der Waals surface area contributed by atoms with Crippen LogP contribution in [-0.2, 0) is 4.79 Å². The molecule has 0 bridgehead atoms. The molecule has 40 heavy (non-hydrogen) atoms. The summed E-state index contributed by atoms with van der Waals surface area (Å²) in [6, 6.07) is 24.1. The maximum absolute atomic E-state index is 13.0. The average molecular weight is 538 g/mol. The van der Waals surface area contributed by atoms with Crippen molar-refractivity contribution in [3.05, 3.63) is 117 Å². The highest BCUT2D eigenvalue weighted by molar-refractivity contribution is 6.23. The van der Waals surface area contributed by atoms with Crippen molar-refractivity contribution in [1.82, 2.24) is 10.2 Å². The molecule has 0 saturated carbocycles. The second-order valence-corrected chi connectivity index (χ2v) is 9.66. The topological polar surface area (TPSA) is 130 Å². The first kappa shape index (κ1) is 26.6. The third-order valence-corrected chi connectivity index (χ3v) is 7.13. The Bertz CT molecular complexity index is 1620. The lowest BCUT2D eigenvalue weighted by molar-refractivity contribution is -0.385. The highest BCUT2D eigenvalue weighted by Gasteiger charge is 2.40. The highest BCUT2D eigenvalue weighted by atomic mass is 16.6. The molecule has 4 aromatic carbocycles. The van der Waals surface area contributed by atoms with Gasteiger partial charge >= 0.3 is 0 Å². The van der Waals surface area contributed by atoms with E-state index in [2.05, 4.69) is 5.32 Å². The second-order valence-electron chi connectivity index (χ2n) is 9.66. The quantitative estimate of drug-likeness (QED) is 0.119. The molecule has 1 aliphatic heterocycles. The van der Waals surface area contributed by atoms with Gasteiger partial charge in [-0.15, -0.1) is 0 Å². The van der Waals surface area contributed by atoms with E-state index >= 15 is 0 Å². The molecular weight excluding hydrogens is 510 g/mol. The molecule has 1 heterocycles. The van der Waals surface area contributed by atoms with Crippen LogP contribution in [0.3, 0.4) is 0 Å². The Hall–Kier alpha value is -5.05. The summed E-state index contributed by atoms with van der Waals surface area (Å²) < 4.78 is 0. The summed E-state index contributed by atoms with van der Waals surface area (Å²) >= 11 is 0. The molecule has 5 rings (SSSR count). The zero-order chi connectivity index (χ0) is 28.2. The van der Waals surface area contributed by atoms with Gasteiger partial charge in [-0.2, -0.15) is 0 Å². The molecule has 0 spiro atoms. The van der Waals surface area contributed by atoms with Gasteiger partial charge in [-0.3, -0.25) is 29.4 Å². The van der Waals surface area contributed by atoms with E-state index in [1.54, 1.807) is 6.07 Å². The third-order valence-electron chi connectivity index (χ3n) is 7.13. The number of imide groups is 1. The molecule has 1 atom stereocenters. The van der Waals surface area contributed by atoms with Crippen LogP contribution in [0.25, 0.3) is 10.8 Å². The van der Waals surface area contributed by atoms with Crippen LogP contribution in [0, 0.1) is 10.1 Å². The van der Waals surface area contributed by atoms with Gasteiger partial charge in [0.25, 0.3) is 17.5 Å². The van der Waals surface area contributed by atoms with Crippen LogP contribution in [0.4, 0.5) is 5.69 Å². The molecule has 2 N–H and O–H groups in total. The predicted molar refractivity (Wildman–Crippen MR) is 149 cm³/mol. The van der Waals surface area contributed by atoms with Crippen molar-refractivity contribution in [1.29, 1.82) is 0 Å². The molecule has 9 nitrogen and oxygen atoms in total. The smallest absolute Gasteiger partial charge is 0.282 e. The fourth-order valence-corrected chi connectivity index (χ4v) is 5.19. The second kappa shape index (κ2) is 11.4. The molecule has 9 heteroatoms. The van der Waals surface area contributed by atoms with Gasteiger partial charge in [0.05, 0.1) is 16.5 Å². The van der Waals surface area contributed by atoms with Crippen LogP contribution in [-0.4, -0.2) is 39.2 Å². The van der Waals surface area contributed by atoms with Crippen molar-refractivity contribution in [3.63, 3.8) is 0 Å². The monoisotopic (exact) mass is 537 g/mol. The maximum Gasteiger partial charge on any atom is 0.282 e. The van der Waals surface area contributed by atoms with Crippen LogP contribution < -0.4 is 5.32 Å². The zero-order valence-electron chi connectivity index (χ0n) is 21.6. The summed E-state index contributed by atoms with van der Waals surface area (Å²) in [7, 11) is 0. The number of nitro groups is 1. The van der Waals surface area contributed by atoms with Gasteiger partial charge in [0.1, 0.15) is 11.3 Å². The number of carbonyl (C=O) groups excluding carboxylic acids is 3. The summed E-state index contributed by atoms with van der Waals surface area (Å²) in [5.41, 5.74) is 0.961. The van der Waals surface area contributed by atoms with Crippen LogP contribution in [0.5, 0.6) is 5.75 Å². The number of unbranched alkanes of at least 4 members (excludes halogenated alkanes) is 2. The molecule has 0 aromatic heterocycles. The fraction of sp³-hybridized carbons (Fsp3) is 0.194. The first-order valence-corrected chi connectivity index (χ1v) is 13.1. The summed E-state index contributed by atoms with van der Waals surface area (Å²) in [6.45, 7) is 0.113. The first-order valence-electron chi connectivity index (χ1n) is 13.1. The minimum absolute atomic E-state index is 0.0437. The fourth-order valence-electron chi connectivity index (χ4n) is 5.19. The van der Waals surface area contributed by atoms with Gasteiger partial charge in [-0.25, -0.2) is 0 Å². The molecule has 0 radical (unpaired) electrons. The minimum atomic E-state index is -0.661. The van der Waals surface area contributed by atoms with Gasteiger partial charge in [-0.1, -0.05) is 73.2 Å². The van der Waals surface area contributed by atoms with Crippen molar-refractivity contribution in [2.75, 3.05) is 6.54 Å². The van der Waals surface area contributed by atoms with Crippen LogP contribution in [0.15, 0.2) is 84.9 Å². The number of amides is 3. The predicted octanol–water partition coefficient (Wildman–Crippen LogP) is 5.52. The highest BCUT2D eigenvalue weighted by Crippen LogP contribution is 2.36. The summed E-state index contributed by atoms with van der Waals surface area (Å²) in [5.74, 6) is -1.31. The van der Waals surface area contributed by atoms with E-state index in [-0.39, 0.29) is 41.4 Å². The van der Waals surface area contributed by atoms with Crippen LogP contribution in [0.2, 0.25) is 0 Å². The standard InChI is InChI=1S/C31H27N3O6/c35-25-18-17-20-10-6-7-13-22(20)28(25)29(21-11-3-1-4-12-21)32-26(36)16-5-2-8-19-33-30(37)23-14-9-15-24(34(39)40)27(23)31(33)38/h1,3-4,6-7,9-15,17-18,29,35H,2,5,8,16,19H2,(H,32,36). The molecule has 1 unspecified atom stereocenters. The van der Waals surface area contributed by atoms with Crippen molar-refractivity contribution in [2.24, 2.45) is 0 Å². The number of nitrogens with zero attached hydrogens (tertiary/aromatic N) is 2. The normalized spacial score (nSPS) is 13.3. The lowest BCUT2D eigenvalue weighted by Crippen LogP contribution is -2.31. The van der Waals surface area contributed by atoms with Gasteiger partial charge in [0, 0.05) is 24.6 Å². The first-order chi connectivity index (χ1) is 19.4. The maximum atomic E-state index is 13.0. The number of fused-ring (bicyclic) bond motifs is 2. The molecule has 0 saturated heterocycles. The summed E-state index contributed by atoms with van der Waals surface area (Å²) in [4.78, 5) is 50.1. The van der Waals surface area contributed by atoms with Gasteiger partial charge in [0.15, 0.2) is 0 Å². The summed E-state index contributed by atoms with van der Waals surface area (Å²) in [5, 5.41) is 27.0. The van der Waals surface area contributed by atoms with Crippen molar-refractivity contribution >= 4 is 34.2 Å².